The maximum atomic E-state index is 12.5. The summed E-state index contributed by atoms with van der Waals surface area (Å²) < 4.78 is 5.26. The summed E-state index contributed by atoms with van der Waals surface area (Å²) in [6, 6.07) is 13.5. The Labute approximate surface area is 144 Å². The summed E-state index contributed by atoms with van der Waals surface area (Å²) in [4.78, 5) is 24.1. The van der Waals surface area contributed by atoms with Gasteiger partial charge in [-0.15, -0.1) is 0 Å². The number of hydrogen-bond acceptors (Lipinski definition) is 3. The Bertz CT molecular complexity index is 684. The van der Waals surface area contributed by atoms with E-state index < -0.39 is 18.0 Å². The molecule has 2 aromatic rings. The monoisotopic (exact) mass is 351 g/mol. The summed E-state index contributed by atoms with van der Waals surface area (Å²) in [5, 5.41) is 3.46. The van der Waals surface area contributed by atoms with Crippen molar-refractivity contribution in [2.45, 2.75) is 19.4 Å². The van der Waals surface area contributed by atoms with Crippen molar-refractivity contribution < 1.29 is 14.3 Å². The highest BCUT2D eigenvalue weighted by atomic mass is 35.5. The summed E-state index contributed by atoms with van der Waals surface area (Å²) in [6.07, 6.45) is -0.860. The number of amides is 1. The highest BCUT2D eigenvalue weighted by Crippen LogP contribution is 2.25. The van der Waals surface area contributed by atoms with Crippen molar-refractivity contribution in [1.82, 2.24) is 0 Å². The number of nitrogens with one attached hydrogen (secondary N) is 1. The van der Waals surface area contributed by atoms with Gasteiger partial charge in [-0.05, 0) is 18.2 Å². The minimum absolute atomic E-state index is 0.180. The van der Waals surface area contributed by atoms with E-state index in [2.05, 4.69) is 5.32 Å². The van der Waals surface area contributed by atoms with Crippen LogP contribution in [0, 0.1) is 0 Å². The summed E-state index contributed by atoms with van der Waals surface area (Å²) in [5.41, 5.74) is 1.01. The van der Waals surface area contributed by atoms with Gasteiger partial charge >= 0.3 is 5.97 Å². The summed E-state index contributed by atoms with van der Waals surface area (Å²) in [5.74, 6) is -0.936. The number of carbonyl (C=O) groups is 2. The van der Waals surface area contributed by atoms with Crippen molar-refractivity contribution in [3.8, 4) is 0 Å². The van der Waals surface area contributed by atoms with Crippen LogP contribution in [0.15, 0.2) is 48.5 Å². The maximum absolute atomic E-state index is 12.5. The van der Waals surface area contributed by atoms with Crippen LogP contribution in [-0.2, 0) is 14.3 Å². The fraction of sp³-hybridized carbons (Fsp3) is 0.176. The quantitative estimate of drug-likeness (QED) is 0.799. The highest BCUT2D eigenvalue weighted by Gasteiger charge is 2.24. The molecule has 2 rings (SSSR count). The van der Waals surface area contributed by atoms with Crippen molar-refractivity contribution in [3.05, 3.63) is 64.1 Å². The van der Waals surface area contributed by atoms with Crippen molar-refractivity contribution in [2.75, 3.05) is 5.32 Å². The molecule has 4 nitrogen and oxygen atoms in total. The molecule has 0 radical (unpaired) electrons. The van der Waals surface area contributed by atoms with Gasteiger partial charge < -0.3 is 10.1 Å². The second kappa shape index (κ2) is 7.99. The van der Waals surface area contributed by atoms with E-state index in [1.807, 2.05) is 6.07 Å². The zero-order valence-electron chi connectivity index (χ0n) is 12.4. The Balaban J connectivity index is 2.24. The number of halogens is 2. The molecular formula is C17H15Cl2NO3. The van der Waals surface area contributed by atoms with Gasteiger partial charge in [0.05, 0.1) is 0 Å². The molecule has 0 aliphatic carbocycles. The van der Waals surface area contributed by atoms with Crippen molar-refractivity contribution in [1.29, 1.82) is 0 Å². The van der Waals surface area contributed by atoms with Crippen LogP contribution in [0.2, 0.25) is 10.0 Å². The molecule has 23 heavy (non-hydrogen) atoms. The van der Waals surface area contributed by atoms with Crippen molar-refractivity contribution >= 4 is 40.8 Å². The Morgan fingerprint density at radius 3 is 2.26 bits per heavy atom. The Hall–Kier alpha value is -2.04. The SMILES string of the molecule is CCC(=O)OC(C(=O)Nc1cc(Cl)cc(Cl)c1)c1ccccc1. The van der Waals surface area contributed by atoms with E-state index in [4.69, 9.17) is 27.9 Å². The summed E-state index contributed by atoms with van der Waals surface area (Å²) in [6.45, 7) is 1.67. The number of anilines is 1. The van der Waals surface area contributed by atoms with E-state index in [1.54, 1.807) is 49.4 Å². The Kier molecular flexibility index (Phi) is 6.02. The standard InChI is InChI=1S/C17H15Cl2NO3/c1-2-15(21)23-16(11-6-4-3-5-7-11)17(22)20-14-9-12(18)8-13(19)10-14/h3-10,16H,2H2,1H3,(H,20,22). The van der Waals surface area contributed by atoms with E-state index in [0.29, 0.717) is 21.3 Å². The van der Waals surface area contributed by atoms with Crippen LogP contribution < -0.4 is 5.32 Å². The van der Waals surface area contributed by atoms with Gasteiger partial charge in [0.25, 0.3) is 5.91 Å². The van der Waals surface area contributed by atoms with Gasteiger partial charge in [0.15, 0.2) is 0 Å². The molecule has 6 heteroatoms. The zero-order valence-corrected chi connectivity index (χ0v) is 13.9. The number of ether oxygens (including phenoxy) is 1. The molecule has 0 fully saturated rings. The lowest BCUT2D eigenvalue weighted by molar-refractivity contribution is -0.154. The molecule has 1 atom stereocenters. The molecule has 120 valence electrons. The van der Waals surface area contributed by atoms with E-state index in [-0.39, 0.29) is 6.42 Å². The first-order chi connectivity index (χ1) is 11.0. The van der Waals surface area contributed by atoms with Gasteiger partial charge in [-0.1, -0.05) is 60.5 Å². The molecule has 1 amide bonds. The largest absolute Gasteiger partial charge is 0.447 e. The summed E-state index contributed by atoms with van der Waals surface area (Å²) in [7, 11) is 0. The Morgan fingerprint density at radius 2 is 1.70 bits per heavy atom. The molecule has 0 aliphatic heterocycles. The molecule has 0 aromatic heterocycles. The third kappa shape index (κ3) is 4.98. The van der Waals surface area contributed by atoms with Gasteiger partial charge in [-0.25, -0.2) is 0 Å². The third-order valence-electron chi connectivity index (χ3n) is 3.01. The molecule has 1 unspecified atom stereocenters. The van der Waals surface area contributed by atoms with E-state index in [0.717, 1.165) is 0 Å². The minimum atomic E-state index is -1.04. The van der Waals surface area contributed by atoms with Gasteiger partial charge in [0.2, 0.25) is 6.10 Å². The van der Waals surface area contributed by atoms with Crippen LogP contribution >= 0.6 is 23.2 Å². The molecule has 0 heterocycles. The summed E-state index contributed by atoms with van der Waals surface area (Å²) >= 11 is 11.8. The van der Waals surface area contributed by atoms with Gasteiger partial charge in [0, 0.05) is 27.7 Å². The van der Waals surface area contributed by atoms with Crippen molar-refractivity contribution in [3.63, 3.8) is 0 Å². The first-order valence-corrected chi connectivity index (χ1v) is 7.76. The molecule has 2 aromatic carbocycles. The van der Waals surface area contributed by atoms with Crippen molar-refractivity contribution in [2.24, 2.45) is 0 Å². The van der Waals surface area contributed by atoms with Crippen LogP contribution in [0.25, 0.3) is 0 Å². The second-order valence-corrected chi connectivity index (χ2v) is 5.65. The molecule has 0 bridgehead atoms. The first kappa shape index (κ1) is 17.3. The van der Waals surface area contributed by atoms with Crippen LogP contribution in [0.5, 0.6) is 0 Å². The predicted molar refractivity (Wildman–Crippen MR) is 90.7 cm³/mol. The topological polar surface area (TPSA) is 55.4 Å². The Morgan fingerprint density at radius 1 is 1.09 bits per heavy atom. The molecule has 0 saturated heterocycles. The minimum Gasteiger partial charge on any atom is -0.447 e. The molecular weight excluding hydrogens is 337 g/mol. The average Bonchev–Trinajstić information content (AvgIpc) is 2.52. The number of hydrogen-bond donors (Lipinski definition) is 1. The van der Waals surface area contributed by atoms with Gasteiger partial charge in [-0.3, -0.25) is 9.59 Å². The smallest absolute Gasteiger partial charge is 0.306 e. The molecule has 0 saturated carbocycles. The molecule has 1 N–H and O–H groups in total. The van der Waals surface area contributed by atoms with Crippen LogP contribution in [0.4, 0.5) is 5.69 Å². The van der Waals surface area contributed by atoms with E-state index in [1.165, 1.54) is 0 Å². The normalized spacial score (nSPS) is 11.6. The second-order valence-electron chi connectivity index (χ2n) is 4.78. The lowest BCUT2D eigenvalue weighted by Gasteiger charge is -2.18. The zero-order chi connectivity index (χ0) is 16.8. The lowest BCUT2D eigenvalue weighted by atomic mass is 10.1. The average molecular weight is 352 g/mol. The maximum Gasteiger partial charge on any atom is 0.306 e. The van der Waals surface area contributed by atoms with E-state index in [9.17, 15) is 9.59 Å². The number of esters is 1. The molecule has 0 spiro atoms. The van der Waals surface area contributed by atoms with E-state index >= 15 is 0 Å². The lowest BCUT2D eigenvalue weighted by Crippen LogP contribution is -2.25. The number of carbonyl (C=O) groups excluding carboxylic acids is 2. The van der Waals surface area contributed by atoms with Gasteiger partial charge in [-0.2, -0.15) is 0 Å². The van der Waals surface area contributed by atoms with Crippen LogP contribution in [-0.4, -0.2) is 11.9 Å². The number of benzene rings is 2. The fourth-order valence-corrected chi connectivity index (χ4v) is 2.48. The number of rotatable bonds is 5. The van der Waals surface area contributed by atoms with Crippen LogP contribution in [0.1, 0.15) is 25.0 Å². The predicted octanol–water partition coefficient (Wildman–Crippen LogP) is 4.63. The molecule has 0 aliphatic rings. The highest BCUT2D eigenvalue weighted by molar-refractivity contribution is 6.35. The third-order valence-corrected chi connectivity index (χ3v) is 3.44. The van der Waals surface area contributed by atoms with Crippen LogP contribution in [0.3, 0.4) is 0 Å². The first-order valence-electron chi connectivity index (χ1n) is 7.01. The van der Waals surface area contributed by atoms with Gasteiger partial charge in [0.1, 0.15) is 0 Å². The fourth-order valence-electron chi connectivity index (χ4n) is 1.95.